The predicted molar refractivity (Wildman–Crippen MR) is 45.8 cm³/mol. The van der Waals surface area contributed by atoms with Crippen LogP contribution in [0.5, 0.6) is 0 Å². The molecule has 1 aromatic heterocycles. The number of H-pyrrole nitrogens is 1. The Kier molecular flexibility index (Phi) is 2.44. The second-order valence-electron chi connectivity index (χ2n) is 2.36. The van der Waals surface area contributed by atoms with Gasteiger partial charge in [-0.25, -0.2) is 4.98 Å². The molecule has 1 atom stereocenters. The van der Waals surface area contributed by atoms with E-state index in [1.165, 1.54) is 0 Å². The summed E-state index contributed by atoms with van der Waals surface area (Å²) in [4.78, 5) is 17.3. The maximum Gasteiger partial charge on any atom is 0.139 e. The molecule has 11 heavy (non-hydrogen) atoms. The second kappa shape index (κ2) is 3.17. The number of nitrogens with one attached hydrogen (secondary N) is 1. The van der Waals surface area contributed by atoms with E-state index in [1.807, 2.05) is 13.8 Å². The van der Waals surface area contributed by atoms with Crippen molar-refractivity contribution < 1.29 is 4.79 Å². The van der Waals surface area contributed by atoms with Gasteiger partial charge >= 0.3 is 0 Å². The average Bonchev–Trinajstić information content (AvgIpc) is 2.28. The molecule has 0 aliphatic carbocycles. The lowest BCUT2D eigenvalue weighted by molar-refractivity contribution is -0.107. The molecule has 3 nitrogen and oxygen atoms in total. The Hall–Kier alpha value is -0.640. The number of hydrogen-bond donors (Lipinski definition) is 1. The number of aldehydes is 1. The number of hydrogen-bond acceptors (Lipinski definition) is 2. The molecule has 4 heteroatoms. The predicted octanol–water partition coefficient (Wildman–Crippen LogP) is 1.66. The Morgan fingerprint density at radius 1 is 1.64 bits per heavy atom. The van der Waals surface area contributed by atoms with Crippen molar-refractivity contribution in [2.75, 3.05) is 0 Å². The first-order valence-electron chi connectivity index (χ1n) is 3.27. The van der Waals surface area contributed by atoms with Crippen molar-refractivity contribution in [3.8, 4) is 0 Å². The van der Waals surface area contributed by atoms with Crippen molar-refractivity contribution in [3.63, 3.8) is 0 Å². The van der Waals surface area contributed by atoms with Crippen molar-refractivity contribution in [1.29, 1.82) is 0 Å². The summed E-state index contributed by atoms with van der Waals surface area (Å²) in [5, 5.41) is 0. The van der Waals surface area contributed by atoms with Gasteiger partial charge in [0.25, 0.3) is 0 Å². The first-order valence-corrected chi connectivity index (χ1v) is 4.19. The van der Waals surface area contributed by atoms with E-state index in [9.17, 15) is 4.79 Å². The third kappa shape index (κ3) is 1.68. The van der Waals surface area contributed by atoms with Gasteiger partial charge in [-0.2, -0.15) is 0 Å². The molecule has 0 aliphatic rings. The van der Waals surface area contributed by atoms with Crippen LogP contribution in [-0.2, 0) is 4.79 Å². The maximum absolute atomic E-state index is 10.4. The first kappa shape index (κ1) is 8.46. The lowest BCUT2D eigenvalue weighted by atomic mass is 10.3. The molecule has 0 fully saturated rings. The van der Waals surface area contributed by atoms with Crippen LogP contribution in [-0.4, -0.2) is 16.3 Å². The van der Waals surface area contributed by atoms with Crippen LogP contribution in [0, 0.1) is 13.8 Å². The number of aromatic amines is 1. The highest BCUT2D eigenvalue weighted by Crippen LogP contribution is 2.20. The van der Waals surface area contributed by atoms with E-state index in [2.05, 4.69) is 25.9 Å². The molecule has 60 valence electrons. The number of halogens is 1. The highest BCUT2D eigenvalue weighted by molar-refractivity contribution is 9.09. The molecule has 0 aromatic carbocycles. The number of carbonyl (C=O) groups excluding carboxylic acids is 1. The zero-order valence-electron chi connectivity index (χ0n) is 6.39. The van der Waals surface area contributed by atoms with Gasteiger partial charge in [-0.05, 0) is 13.8 Å². The summed E-state index contributed by atoms with van der Waals surface area (Å²) >= 11 is 3.21. The van der Waals surface area contributed by atoms with Gasteiger partial charge in [0.1, 0.15) is 16.9 Å². The number of aromatic nitrogens is 2. The summed E-state index contributed by atoms with van der Waals surface area (Å²) in [6, 6.07) is 0. The second-order valence-corrected chi connectivity index (χ2v) is 3.35. The molecular formula is C7H9BrN2O. The minimum atomic E-state index is -0.260. The summed E-state index contributed by atoms with van der Waals surface area (Å²) in [7, 11) is 0. The lowest BCUT2D eigenvalue weighted by Crippen LogP contribution is -1.93. The third-order valence-electron chi connectivity index (χ3n) is 1.44. The Bertz CT molecular complexity index is 269. The highest BCUT2D eigenvalue weighted by atomic mass is 79.9. The summed E-state index contributed by atoms with van der Waals surface area (Å²) in [5.41, 5.74) is 1.72. The van der Waals surface area contributed by atoms with Gasteiger partial charge in [0.2, 0.25) is 0 Å². The van der Waals surface area contributed by atoms with Gasteiger partial charge in [0, 0.05) is 0 Å². The highest BCUT2D eigenvalue weighted by Gasteiger charge is 2.11. The minimum Gasteiger partial charge on any atom is -0.345 e. The van der Waals surface area contributed by atoms with Crippen LogP contribution in [0.4, 0.5) is 0 Å². The van der Waals surface area contributed by atoms with Crippen molar-refractivity contribution in [2.24, 2.45) is 0 Å². The van der Waals surface area contributed by atoms with Crippen LogP contribution in [0.1, 0.15) is 22.0 Å². The lowest BCUT2D eigenvalue weighted by Gasteiger charge is -1.97. The molecular weight excluding hydrogens is 208 g/mol. The zero-order valence-corrected chi connectivity index (χ0v) is 7.97. The molecule has 0 saturated heterocycles. The van der Waals surface area contributed by atoms with Gasteiger partial charge in [-0.3, -0.25) is 0 Å². The number of aryl methyl sites for hydroxylation is 2. The van der Waals surface area contributed by atoms with E-state index in [4.69, 9.17) is 0 Å². The van der Waals surface area contributed by atoms with Crippen LogP contribution in [0.25, 0.3) is 0 Å². The fourth-order valence-electron chi connectivity index (χ4n) is 0.962. The van der Waals surface area contributed by atoms with E-state index in [-0.39, 0.29) is 4.83 Å². The van der Waals surface area contributed by atoms with Crippen LogP contribution >= 0.6 is 15.9 Å². The standard InChI is InChI=1S/C7H9BrN2O/c1-4-7(6(8)3-11)10-5(2)9-4/h3,6H,1-2H3,(H,9,10). The Labute approximate surface area is 73.3 Å². The van der Waals surface area contributed by atoms with E-state index in [0.29, 0.717) is 0 Å². The average molecular weight is 217 g/mol. The summed E-state index contributed by atoms with van der Waals surface area (Å²) < 4.78 is 0. The Balaban J connectivity index is 3.02. The summed E-state index contributed by atoms with van der Waals surface area (Å²) in [6.07, 6.45) is 0.833. The number of nitrogens with zero attached hydrogens (tertiary/aromatic N) is 1. The fraction of sp³-hybridized carbons (Fsp3) is 0.429. The maximum atomic E-state index is 10.4. The first-order chi connectivity index (χ1) is 5.15. The molecule has 1 heterocycles. The van der Waals surface area contributed by atoms with Crippen molar-refractivity contribution in [3.05, 3.63) is 17.2 Å². The fourth-order valence-corrected chi connectivity index (χ4v) is 1.41. The molecule has 1 rings (SSSR count). The van der Waals surface area contributed by atoms with E-state index in [0.717, 1.165) is 23.5 Å². The van der Waals surface area contributed by atoms with Crippen LogP contribution < -0.4 is 0 Å². The number of imidazole rings is 1. The molecule has 0 bridgehead atoms. The number of rotatable bonds is 2. The minimum absolute atomic E-state index is 0.260. The molecule has 0 aliphatic heterocycles. The number of alkyl halides is 1. The van der Waals surface area contributed by atoms with Gasteiger partial charge in [0.05, 0.1) is 11.4 Å². The zero-order chi connectivity index (χ0) is 8.43. The van der Waals surface area contributed by atoms with E-state index >= 15 is 0 Å². The molecule has 0 spiro atoms. The normalized spacial score (nSPS) is 13.0. The van der Waals surface area contributed by atoms with Gasteiger partial charge < -0.3 is 9.78 Å². The molecule has 1 aromatic rings. The largest absolute Gasteiger partial charge is 0.345 e. The van der Waals surface area contributed by atoms with Crippen LogP contribution in [0.15, 0.2) is 0 Å². The quantitative estimate of drug-likeness (QED) is 0.604. The van der Waals surface area contributed by atoms with Crippen molar-refractivity contribution >= 4 is 22.2 Å². The van der Waals surface area contributed by atoms with Crippen molar-refractivity contribution in [2.45, 2.75) is 18.7 Å². The molecule has 0 amide bonds. The Morgan fingerprint density at radius 2 is 2.27 bits per heavy atom. The van der Waals surface area contributed by atoms with Gasteiger partial charge in [-0.1, -0.05) is 15.9 Å². The number of carbonyl (C=O) groups is 1. The van der Waals surface area contributed by atoms with Crippen LogP contribution in [0.3, 0.4) is 0 Å². The summed E-state index contributed by atoms with van der Waals surface area (Å²) in [5.74, 6) is 0.837. The monoisotopic (exact) mass is 216 g/mol. The van der Waals surface area contributed by atoms with Gasteiger partial charge in [0.15, 0.2) is 0 Å². The SMILES string of the molecule is Cc1nc(C)c(C(Br)C=O)[nH]1. The molecule has 1 unspecified atom stereocenters. The molecule has 1 N–H and O–H groups in total. The summed E-state index contributed by atoms with van der Waals surface area (Å²) in [6.45, 7) is 3.73. The van der Waals surface area contributed by atoms with Crippen LogP contribution in [0.2, 0.25) is 0 Å². The smallest absolute Gasteiger partial charge is 0.139 e. The Morgan fingerprint density at radius 3 is 2.64 bits per heavy atom. The molecule has 0 saturated carbocycles. The van der Waals surface area contributed by atoms with Crippen molar-refractivity contribution in [1.82, 2.24) is 9.97 Å². The van der Waals surface area contributed by atoms with Gasteiger partial charge in [-0.15, -0.1) is 0 Å². The van der Waals surface area contributed by atoms with E-state index < -0.39 is 0 Å². The molecule has 0 radical (unpaired) electrons. The third-order valence-corrected chi connectivity index (χ3v) is 2.11. The topological polar surface area (TPSA) is 45.8 Å². The van der Waals surface area contributed by atoms with E-state index in [1.54, 1.807) is 0 Å².